The van der Waals surface area contributed by atoms with E-state index in [1.165, 1.54) is 5.56 Å². The van der Waals surface area contributed by atoms with Crippen molar-refractivity contribution in [2.75, 3.05) is 25.0 Å². The monoisotopic (exact) mass is 327 g/mol. The van der Waals surface area contributed by atoms with Crippen LogP contribution in [0.4, 0.5) is 10.5 Å². The van der Waals surface area contributed by atoms with Crippen LogP contribution in [0.3, 0.4) is 0 Å². The number of carbonyl (C=O) groups is 1. The Kier molecular flexibility index (Phi) is 5.28. The zero-order valence-electron chi connectivity index (χ0n) is 13.4. The minimum Gasteiger partial charge on any atom is -0.477 e. The largest absolute Gasteiger partial charge is 0.477 e. The van der Waals surface area contributed by atoms with Crippen molar-refractivity contribution in [3.63, 3.8) is 0 Å². The molecule has 0 saturated carbocycles. The van der Waals surface area contributed by atoms with Gasteiger partial charge in [0.2, 0.25) is 5.88 Å². The van der Waals surface area contributed by atoms with E-state index in [9.17, 15) is 9.90 Å². The average Bonchev–Trinajstić information content (AvgIpc) is 3.04. The standard InChI is InChI=1S/C18H21N3O3/c22-16-8-10-21(13-16)18(23)20-15-6-7-17(19-12-15)24-11-9-14-4-2-1-3-5-14/h1-7,12,16,22H,8-11,13H2,(H,20,23)/t16-/m0/s1. The molecule has 1 atom stereocenters. The summed E-state index contributed by atoms with van der Waals surface area (Å²) >= 11 is 0. The molecule has 1 saturated heterocycles. The van der Waals surface area contributed by atoms with E-state index in [4.69, 9.17) is 4.74 Å². The van der Waals surface area contributed by atoms with Crippen molar-refractivity contribution in [3.8, 4) is 5.88 Å². The fourth-order valence-electron chi connectivity index (χ4n) is 2.59. The van der Waals surface area contributed by atoms with Gasteiger partial charge >= 0.3 is 6.03 Å². The Hall–Kier alpha value is -2.60. The molecule has 0 radical (unpaired) electrons. The van der Waals surface area contributed by atoms with Crippen LogP contribution in [0.15, 0.2) is 48.7 Å². The highest BCUT2D eigenvalue weighted by molar-refractivity contribution is 5.89. The summed E-state index contributed by atoms with van der Waals surface area (Å²) in [4.78, 5) is 17.8. The number of pyridine rings is 1. The normalized spacial score (nSPS) is 16.9. The maximum Gasteiger partial charge on any atom is 0.321 e. The molecule has 6 heteroatoms. The molecule has 1 aromatic heterocycles. The van der Waals surface area contributed by atoms with Crippen LogP contribution in [0.5, 0.6) is 5.88 Å². The van der Waals surface area contributed by atoms with Gasteiger partial charge in [-0.2, -0.15) is 0 Å². The second kappa shape index (κ2) is 7.79. The van der Waals surface area contributed by atoms with Gasteiger partial charge in [-0.05, 0) is 18.1 Å². The van der Waals surface area contributed by atoms with E-state index >= 15 is 0 Å². The number of hydrogen-bond donors (Lipinski definition) is 2. The lowest BCUT2D eigenvalue weighted by Gasteiger charge is -2.16. The summed E-state index contributed by atoms with van der Waals surface area (Å²) in [5.41, 5.74) is 1.82. The minimum absolute atomic E-state index is 0.217. The van der Waals surface area contributed by atoms with Gasteiger partial charge in [0.1, 0.15) is 0 Å². The molecule has 1 aliphatic heterocycles. The molecular weight excluding hydrogens is 306 g/mol. The second-order valence-corrected chi connectivity index (χ2v) is 5.79. The van der Waals surface area contributed by atoms with Crippen molar-refractivity contribution >= 4 is 11.7 Å². The van der Waals surface area contributed by atoms with Crippen LogP contribution in [0.2, 0.25) is 0 Å². The number of likely N-dealkylation sites (tertiary alicyclic amines) is 1. The summed E-state index contributed by atoms with van der Waals surface area (Å²) in [5, 5.41) is 12.2. The number of hydrogen-bond acceptors (Lipinski definition) is 4. The molecule has 2 amide bonds. The lowest BCUT2D eigenvalue weighted by molar-refractivity contribution is 0.176. The SMILES string of the molecule is O=C(Nc1ccc(OCCc2ccccc2)nc1)N1CC[C@H](O)C1. The third-order valence-corrected chi connectivity index (χ3v) is 3.92. The highest BCUT2D eigenvalue weighted by Gasteiger charge is 2.24. The summed E-state index contributed by atoms with van der Waals surface area (Å²) < 4.78 is 5.62. The van der Waals surface area contributed by atoms with Crippen LogP contribution >= 0.6 is 0 Å². The number of urea groups is 1. The van der Waals surface area contributed by atoms with Gasteiger partial charge in [0.15, 0.2) is 0 Å². The number of nitrogens with zero attached hydrogens (tertiary/aromatic N) is 2. The summed E-state index contributed by atoms with van der Waals surface area (Å²) in [7, 11) is 0. The van der Waals surface area contributed by atoms with Crippen LogP contribution in [0.1, 0.15) is 12.0 Å². The Balaban J connectivity index is 1.45. The second-order valence-electron chi connectivity index (χ2n) is 5.79. The molecule has 3 rings (SSSR count). The molecule has 0 unspecified atom stereocenters. The lowest BCUT2D eigenvalue weighted by Crippen LogP contribution is -2.33. The van der Waals surface area contributed by atoms with Crippen LogP contribution in [0, 0.1) is 0 Å². The lowest BCUT2D eigenvalue weighted by atomic mass is 10.2. The van der Waals surface area contributed by atoms with Gasteiger partial charge in [0.05, 0.1) is 24.6 Å². The molecule has 2 heterocycles. The molecule has 6 nitrogen and oxygen atoms in total. The van der Waals surface area contributed by atoms with Crippen LogP contribution in [-0.4, -0.2) is 46.8 Å². The highest BCUT2D eigenvalue weighted by Crippen LogP contribution is 2.15. The van der Waals surface area contributed by atoms with Gasteiger partial charge in [0, 0.05) is 25.6 Å². The molecule has 1 aromatic carbocycles. The topological polar surface area (TPSA) is 74.7 Å². The number of β-amino-alcohol motifs (C(OH)–C–C–N with tert-alkyl or cyclic N) is 1. The Morgan fingerprint density at radius 2 is 2.12 bits per heavy atom. The quantitative estimate of drug-likeness (QED) is 0.884. The molecular formula is C18H21N3O3. The van der Waals surface area contributed by atoms with Gasteiger partial charge in [-0.15, -0.1) is 0 Å². The first kappa shape index (κ1) is 16.3. The van der Waals surface area contributed by atoms with Gasteiger partial charge in [-0.25, -0.2) is 9.78 Å². The molecule has 1 aliphatic rings. The van der Waals surface area contributed by atoms with Crippen molar-refractivity contribution < 1.29 is 14.6 Å². The molecule has 24 heavy (non-hydrogen) atoms. The number of aliphatic hydroxyl groups is 1. The first-order chi connectivity index (χ1) is 11.7. The van der Waals surface area contributed by atoms with Gasteiger partial charge in [0.25, 0.3) is 0 Å². The maximum atomic E-state index is 12.0. The van der Waals surface area contributed by atoms with E-state index in [1.54, 1.807) is 23.2 Å². The van der Waals surface area contributed by atoms with E-state index < -0.39 is 6.10 Å². The summed E-state index contributed by atoms with van der Waals surface area (Å²) in [6.45, 7) is 1.50. The van der Waals surface area contributed by atoms with Crippen LogP contribution < -0.4 is 10.1 Å². The Bertz CT molecular complexity index is 661. The summed E-state index contributed by atoms with van der Waals surface area (Å²) in [6, 6.07) is 13.4. The minimum atomic E-state index is -0.422. The Morgan fingerprint density at radius 1 is 1.29 bits per heavy atom. The number of aliphatic hydroxyl groups excluding tert-OH is 1. The van der Waals surface area contributed by atoms with Crippen molar-refractivity contribution in [2.24, 2.45) is 0 Å². The Labute approximate surface area is 141 Å². The maximum absolute atomic E-state index is 12.0. The molecule has 2 aromatic rings. The number of carbonyl (C=O) groups excluding carboxylic acids is 1. The van der Waals surface area contributed by atoms with Crippen molar-refractivity contribution in [2.45, 2.75) is 18.9 Å². The smallest absolute Gasteiger partial charge is 0.321 e. The van der Waals surface area contributed by atoms with Gasteiger partial charge < -0.3 is 20.1 Å². The first-order valence-corrected chi connectivity index (χ1v) is 8.07. The third-order valence-electron chi connectivity index (χ3n) is 3.92. The Morgan fingerprint density at radius 3 is 2.79 bits per heavy atom. The number of nitrogens with one attached hydrogen (secondary N) is 1. The predicted octanol–water partition coefficient (Wildman–Crippen LogP) is 2.30. The van der Waals surface area contributed by atoms with Crippen molar-refractivity contribution in [1.82, 2.24) is 9.88 Å². The molecule has 2 N–H and O–H groups in total. The summed E-state index contributed by atoms with van der Waals surface area (Å²) in [6.07, 6.45) is 2.59. The van der Waals surface area contributed by atoms with Crippen molar-refractivity contribution in [1.29, 1.82) is 0 Å². The molecule has 0 spiro atoms. The van der Waals surface area contributed by atoms with Gasteiger partial charge in [-0.1, -0.05) is 30.3 Å². The van der Waals surface area contributed by atoms with Crippen molar-refractivity contribution in [3.05, 3.63) is 54.2 Å². The van der Waals surface area contributed by atoms with Gasteiger partial charge in [-0.3, -0.25) is 0 Å². The number of rotatable bonds is 5. The molecule has 126 valence electrons. The summed E-state index contributed by atoms with van der Waals surface area (Å²) in [5.74, 6) is 0.528. The number of ether oxygens (including phenoxy) is 1. The number of amides is 2. The number of benzene rings is 1. The third kappa shape index (κ3) is 4.45. The number of aromatic nitrogens is 1. The molecule has 1 fully saturated rings. The predicted molar refractivity (Wildman–Crippen MR) is 91.1 cm³/mol. The molecule has 0 bridgehead atoms. The first-order valence-electron chi connectivity index (χ1n) is 8.07. The zero-order chi connectivity index (χ0) is 16.8. The molecule has 0 aliphatic carbocycles. The van der Waals surface area contributed by atoms with E-state index in [0.29, 0.717) is 37.7 Å². The van der Waals surface area contributed by atoms with E-state index in [0.717, 1.165) is 6.42 Å². The van der Waals surface area contributed by atoms with Crippen LogP contribution in [0.25, 0.3) is 0 Å². The van der Waals surface area contributed by atoms with E-state index in [1.807, 2.05) is 18.2 Å². The van der Waals surface area contributed by atoms with E-state index in [-0.39, 0.29) is 6.03 Å². The van der Waals surface area contributed by atoms with Crippen LogP contribution in [-0.2, 0) is 6.42 Å². The van der Waals surface area contributed by atoms with E-state index in [2.05, 4.69) is 22.4 Å². The fourth-order valence-corrected chi connectivity index (χ4v) is 2.59. The fraction of sp³-hybridized carbons (Fsp3) is 0.333. The number of anilines is 1. The average molecular weight is 327 g/mol. The zero-order valence-corrected chi connectivity index (χ0v) is 13.4. The highest BCUT2D eigenvalue weighted by atomic mass is 16.5.